The molecule has 0 saturated heterocycles. The second kappa shape index (κ2) is 20.1. The summed E-state index contributed by atoms with van der Waals surface area (Å²) in [6.07, 6.45) is 14.7. The number of aryl methyl sites for hydroxylation is 1. The maximum atomic E-state index is 2.49. The third kappa shape index (κ3) is 6.49. The summed E-state index contributed by atoms with van der Waals surface area (Å²) in [5.41, 5.74) is 8.43. The van der Waals surface area contributed by atoms with Crippen LogP contribution in [0, 0.1) is 12.8 Å². The lowest BCUT2D eigenvalue weighted by molar-refractivity contribution is 0.660. The van der Waals surface area contributed by atoms with Gasteiger partial charge in [0.05, 0.1) is 0 Å². The molecule has 572 valence electrons. The first-order valence-corrected chi connectivity index (χ1v) is 45.9. The van der Waals surface area contributed by atoms with Gasteiger partial charge < -0.3 is 0 Å². The Morgan fingerprint density at radius 1 is 0.164 bits per heavy atom. The third-order valence-corrected chi connectivity index (χ3v) is 34.4. The highest BCUT2D eigenvalue weighted by Gasteiger charge is 2.38. The summed E-state index contributed by atoms with van der Waals surface area (Å²) >= 11 is 0. The van der Waals surface area contributed by atoms with Gasteiger partial charge >= 0.3 is 0 Å². The lowest BCUT2D eigenvalue weighted by Gasteiger charge is -2.37. The van der Waals surface area contributed by atoms with E-state index in [1.165, 1.54) is 389 Å². The van der Waals surface area contributed by atoms with E-state index in [9.17, 15) is 0 Å². The Bertz CT molecular complexity index is 11000. The Morgan fingerprint density at radius 2 is 0.328 bits per heavy atom. The van der Waals surface area contributed by atoms with E-state index < -0.39 is 0 Å². The molecule has 3 aliphatic rings. The van der Waals surface area contributed by atoms with Crippen molar-refractivity contribution in [3.8, 4) is 0 Å². The van der Waals surface area contributed by atoms with Crippen molar-refractivity contribution < 1.29 is 0 Å². The largest absolute Gasteiger partial charge is 0.0760 e. The molecule has 2 atom stereocenters. The van der Waals surface area contributed by atoms with E-state index in [2.05, 4.69) is 329 Å². The van der Waals surface area contributed by atoms with Gasteiger partial charge in [0.1, 0.15) is 0 Å². The second-order valence-electron chi connectivity index (χ2n) is 39.4. The summed E-state index contributed by atoms with van der Waals surface area (Å²) in [4.78, 5) is 0. The molecular formula is C128H60. The molecule has 0 radical (unpaired) electrons. The molecular weight excluding hydrogens is 1540 g/mol. The molecule has 0 fully saturated rings. The molecule has 0 amide bonds. The summed E-state index contributed by atoms with van der Waals surface area (Å²) in [7, 11) is 0. The molecule has 128 heavy (non-hydrogen) atoms. The average Bonchev–Trinajstić information content (AvgIpc) is 0.673. The van der Waals surface area contributed by atoms with E-state index >= 15 is 0 Å². The Morgan fingerprint density at radius 3 is 0.531 bits per heavy atom. The van der Waals surface area contributed by atoms with Crippen LogP contribution in [0.3, 0.4) is 0 Å². The number of rotatable bonds is 0. The number of fused-ring (bicyclic) bond motifs is 22. The molecule has 0 N–H and O–H groups in total. The van der Waals surface area contributed by atoms with E-state index in [-0.39, 0.29) is 0 Å². The maximum absolute atomic E-state index is 2.49. The van der Waals surface area contributed by atoms with Crippen LogP contribution in [0.1, 0.15) is 35.1 Å². The molecule has 2 unspecified atom stereocenters. The molecule has 37 rings (SSSR count). The molecule has 0 saturated carbocycles. The molecule has 0 heteroatoms. The van der Waals surface area contributed by atoms with Crippen LogP contribution in [-0.4, -0.2) is 0 Å². The van der Waals surface area contributed by atoms with Crippen molar-refractivity contribution in [2.24, 2.45) is 5.92 Å². The fourth-order valence-electron chi connectivity index (χ4n) is 29.9. The summed E-state index contributed by atoms with van der Waals surface area (Å²) in [6.45, 7) is 4.47. The van der Waals surface area contributed by atoms with E-state index in [1.54, 1.807) is 0 Å². The molecule has 34 aromatic carbocycles. The van der Waals surface area contributed by atoms with Crippen LogP contribution >= 0.6 is 0 Å². The van der Waals surface area contributed by atoms with Crippen molar-refractivity contribution in [2.45, 2.75) is 19.8 Å². The normalized spacial score (nSPS) is 15.8. The van der Waals surface area contributed by atoms with Gasteiger partial charge in [-0.15, -0.1) is 0 Å². The highest BCUT2D eigenvalue weighted by molar-refractivity contribution is 6.55. The van der Waals surface area contributed by atoms with Gasteiger partial charge in [0.2, 0.25) is 0 Å². The first-order valence-electron chi connectivity index (χ1n) is 45.9. The van der Waals surface area contributed by atoms with Crippen LogP contribution in [-0.2, 0) is 0 Å². The van der Waals surface area contributed by atoms with Gasteiger partial charge in [-0.05, 0) is 397 Å². The van der Waals surface area contributed by atoms with E-state index in [0.717, 1.165) is 0 Å². The number of hydrogen-bond acceptors (Lipinski definition) is 0. The molecule has 0 heterocycles. The van der Waals surface area contributed by atoms with Gasteiger partial charge in [-0.2, -0.15) is 0 Å². The van der Waals surface area contributed by atoms with Crippen molar-refractivity contribution in [3.63, 3.8) is 0 Å². The Kier molecular flexibility index (Phi) is 9.89. The fraction of sp³-hybridized carbons (Fsp3) is 0.0312. The number of allylic oxidation sites excluding steroid dienone is 6. The van der Waals surface area contributed by atoms with Gasteiger partial charge in [-0.3, -0.25) is 0 Å². The maximum Gasteiger partial charge on any atom is 0.0200 e. The Labute approximate surface area is 724 Å². The van der Waals surface area contributed by atoms with Gasteiger partial charge in [0.25, 0.3) is 0 Å². The highest BCUT2D eigenvalue weighted by atomic mass is 14.4. The molecule has 3 aliphatic carbocycles. The predicted molar refractivity (Wildman–Crippen MR) is 558 cm³/mol. The quantitative estimate of drug-likeness (QED) is 0.105. The number of benzene rings is 34. The third-order valence-electron chi connectivity index (χ3n) is 34.4. The summed E-state index contributed by atoms with van der Waals surface area (Å²) in [5, 5.41) is 89.1. The van der Waals surface area contributed by atoms with Gasteiger partial charge in [0.15, 0.2) is 0 Å². The van der Waals surface area contributed by atoms with Crippen molar-refractivity contribution in [2.75, 3.05) is 0 Å². The average molecular weight is 1600 g/mol. The van der Waals surface area contributed by atoms with Gasteiger partial charge in [-0.1, -0.05) is 321 Å². The Hall–Kier alpha value is -16.1. The first-order chi connectivity index (χ1) is 63.3. The van der Waals surface area contributed by atoms with Crippen molar-refractivity contribution in [1.82, 2.24) is 0 Å². The molecule has 0 aromatic heterocycles. The smallest absolute Gasteiger partial charge is 0.0200 e. The standard InChI is InChI=1S/C128H60/c1-55-51-57-3-7-61-65-11-15-69-73-19-23-77-81-27-31-85-89-35-39-93-97-43-47-101-103-49-45-99-95-41-37-91-87-33-29-83-79-25-21-75-71-17-13-67-63-9-5-59-53-56(2)54-60-6-10-64(108(63)106(59)60)68-14-18-72(112(71)110(67)68)76-22-26-80(116(79)114(75)76)84-30-34-88(120(87)118(83)84)92-38-42-96(124(95)122(91)92)100-46-50-104(128(103)126(99)100)102-48-44-98(125(97)127(101)102)94-40-36-90(121(89)123(93)94)86-32-28-82(117(81)119(85)86)78-24-20-74(113(73)115(77)78)70-16-12-66(109(65)111(69)70)62-8-4-58(52-55)105(57)107(61)62/h3-54,57,105H,1-2H3. The summed E-state index contributed by atoms with van der Waals surface area (Å²) in [5.74, 6) is 0.757. The minimum absolute atomic E-state index is 0.367. The SMILES string of the molecule is CC1=CC2C=Cc3c4c(c5ccc6c7ccc8c9ccc%10c%11ccc%12c%13ccc%14c%15ccc%16c%17ccc%18c%19ccc%20c%21ccc%22c%23ccc%24c%25ccc%26cc(C)cc%27ccc(c%28ccc(c%29ccc(c%30ccc(c%31ccc(c%32ccc(c%33ccc(c%34ccc(c%35ccc(c%36ccc(c%37ccc3c5c6%37)c7c8%36)c9c%10%35)c%11c%12%34)c%13c%14%33)c%15c%16%32)c%17c%18%31)c%19c%20%30)c%21c%22%29)c%23c%24%28)c%25c%26%27)C=CC(=C1)C42. The van der Waals surface area contributed by atoms with Crippen molar-refractivity contribution >= 4 is 368 Å². The van der Waals surface area contributed by atoms with Crippen LogP contribution in [0.5, 0.6) is 0 Å². The van der Waals surface area contributed by atoms with Crippen molar-refractivity contribution in [1.29, 1.82) is 0 Å². The minimum atomic E-state index is 0.367. The topological polar surface area (TPSA) is 0 Å². The van der Waals surface area contributed by atoms with E-state index in [4.69, 9.17) is 0 Å². The molecule has 0 spiro atoms. The van der Waals surface area contributed by atoms with Crippen LogP contribution < -0.4 is 0 Å². The zero-order valence-corrected chi connectivity index (χ0v) is 69.2. The molecule has 0 nitrogen and oxygen atoms in total. The zero-order chi connectivity index (χ0) is 81.5. The molecule has 0 aliphatic heterocycles. The van der Waals surface area contributed by atoms with Crippen LogP contribution in [0.4, 0.5) is 0 Å². The number of hydrogen-bond donors (Lipinski definition) is 0. The molecule has 0 bridgehead atoms. The fourth-order valence-corrected chi connectivity index (χ4v) is 29.9. The monoisotopic (exact) mass is 1600 g/mol. The molecule has 34 aromatic rings. The van der Waals surface area contributed by atoms with Gasteiger partial charge in [-0.25, -0.2) is 0 Å². The van der Waals surface area contributed by atoms with Crippen LogP contribution in [0.15, 0.2) is 315 Å². The minimum Gasteiger partial charge on any atom is -0.0760 e. The predicted octanol–water partition coefficient (Wildman–Crippen LogP) is 36.5. The highest BCUT2D eigenvalue weighted by Crippen LogP contribution is 2.62. The Balaban J connectivity index is 0.504. The van der Waals surface area contributed by atoms with E-state index in [0.29, 0.717) is 11.8 Å². The van der Waals surface area contributed by atoms with Crippen molar-refractivity contribution in [3.05, 3.63) is 337 Å². The zero-order valence-electron chi connectivity index (χ0n) is 69.2. The summed E-state index contributed by atoms with van der Waals surface area (Å²) < 4.78 is 0. The lowest BCUT2D eigenvalue weighted by atomic mass is 9.66. The first kappa shape index (κ1) is 62.9. The summed E-state index contributed by atoms with van der Waals surface area (Å²) in [6, 6.07) is 113. The van der Waals surface area contributed by atoms with E-state index in [1.807, 2.05) is 0 Å². The van der Waals surface area contributed by atoms with Crippen LogP contribution in [0.25, 0.3) is 368 Å². The lowest BCUT2D eigenvalue weighted by Crippen LogP contribution is -2.22. The van der Waals surface area contributed by atoms with Crippen LogP contribution in [0.2, 0.25) is 0 Å². The van der Waals surface area contributed by atoms with Gasteiger partial charge in [0, 0.05) is 11.8 Å². The second-order valence-corrected chi connectivity index (χ2v) is 39.4.